The number of fused-ring (bicyclic) bond motifs is 2. The number of hydrogen-bond acceptors (Lipinski definition) is 3. The molecule has 1 aliphatic rings. The Morgan fingerprint density at radius 3 is 2.68 bits per heavy atom. The van der Waals surface area contributed by atoms with E-state index in [9.17, 15) is 5.26 Å². The molecule has 22 heavy (non-hydrogen) atoms. The highest BCUT2D eigenvalue weighted by Gasteiger charge is 2.31. The second-order valence-electron chi connectivity index (χ2n) is 5.25. The molecule has 0 aliphatic carbocycles. The van der Waals surface area contributed by atoms with Crippen LogP contribution in [0.2, 0.25) is 0 Å². The molecule has 106 valence electrons. The van der Waals surface area contributed by atoms with Crippen LogP contribution in [0.25, 0.3) is 10.9 Å². The van der Waals surface area contributed by atoms with Gasteiger partial charge in [-0.1, -0.05) is 36.4 Å². The lowest BCUT2D eigenvalue weighted by molar-refractivity contribution is 0.394. The summed E-state index contributed by atoms with van der Waals surface area (Å²) in [4.78, 5) is 3.26. The van der Waals surface area contributed by atoms with Crippen molar-refractivity contribution in [2.75, 3.05) is 0 Å². The van der Waals surface area contributed by atoms with Gasteiger partial charge in [0.15, 0.2) is 0 Å². The largest absolute Gasteiger partial charge is 0.440 e. The van der Waals surface area contributed by atoms with Gasteiger partial charge < -0.3 is 15.5 Å². The molecule has 3 aromatic rings. The Hall–Kier alpha value is -3.19. The second kappa shape index (κ2) is 4.68. The number of nitrogens with one attached hydrogen (secondary N) is 1. The number of aromatic nitrogens is 1. The highest BCUT2D eigenvalue weighted by molar-refractivity contribution is 5.85. The number of H-pyrrole nitrogens is 1. The van der Waals surface area contributed by atoms with Crippen molar-refractivity contribution in [3.63, 3.8) is 0 Å². The molecule has 0 saturated heterocycles. The monoisotopic (exact) mass is 287 g/mol. The third kappa shape index (κ3) is 1.69. The van der Waals surface area contributed by atoms with E-state index >= 15 is 0 Å². The molecule has 0 saturated carbocycles. The van der Waals surface area contributed by atoms with Crippen LogP contribution < -0.4 is 10.5 Å². The summed E-state index contributed by atoms with van der Waals surface area (Å²) < 4.78 is 5.60. The molecule has 2 heterocycles. The average Bonchev–Trinajstić information content (AvgIpc) is 2.97. The van der Waals surface area contributed by atoms with Crippen molar-refractivity contribution < 1.29 is 4.74 Å². The number of nitrogens with zero attached hydrogens (tertiary/aromatic N) is 1. The first-order chi connectivity index (χ1) is 10.8. The van der Waals surface area contributed by atoms with Crippen molar-refractivity contribution in [3.8, 4) is 11.8 Å². The average molecular weight is 287 g/mol. The van der Waals surface area contributed by atoms with E-state index in [1.165, 1.54) is 0 Å². The van der Waals surface area contributed by atoms with Crippen LogP contribution >= 0.6 is 0 Å². The van der Waals surface area contributed by atoms with Crippen molar-refractivity contribution >= 4 is 10.9 Å². The number of benzene rings is 2. The van der Waals surface area contributed by atoms with Crippen LogP contribution in [0.3, 0.4) is 0 Å². The van der Waals surface area contributed by atoms with E-state index in [2.05, 4.69) is 11.1 Å². The molecule has 0 unspecified atom stereocenters. The van der Waals surface area contributed by atoms with Crippen molar-refractivity contribution in [2.45, 2.75) is 5.92 Å². The molecule has 0 fully saturated rings. The Morgan fingerprint density at radius 1 is 1.05 bits per heavy atom. The van der Waals surface area contributed by atoms with E-state index in [4.69, 9.17) is 10.5 Å². The zero-order valence-corrected chi connectivity index (χ0v) is 11.7. The maximum atomic E-state index is 9.55. The first-order valence-electron chi connectivity index (χ1n) is 7.02. The van der Waals surface area contributed by atoms with Crippen LogP contribution in [0.15, 0.2) is 66.2 Å². The van der Waals surface area contributed by atoms with E-state index in [0.717, 1.165) is 22.0 Å². The molecule has 1 aliphatic heterocycles. The maximum Gasteiger partial charge on any atom is 0.205 e. The number of ether oxygens (including phenoxy) is 1. The zero-order chi connectivity index (χ0) is 15.1. The predicted molar refractivity (Wildman–Crippen MR) is 84.0 cm³/mol. The molecule has 4 heteroatoms. The third-order valence-corrected chi connectivity index (χ3v) is 4.06. The first kappa shape index (κ1) is 12.5. The lowest BCUT2D eigenvalue weighted by atomic mass is 9.83. The van der Waals surface area contributed by atoms with Crippen LogP contribution in [-0.4, -0.2) is 4.98 Å². The zero-order valence-electron chi connectivity index (χ0n) is 11.7. The maximum absolute atomic E-state index is 9.55. The van der Waals surface area contributed by atoms with Crippen molar-refractivity contribution in [3.05, 3.63) is 77.3 Å². The highest BCUT2D eigenvalue weighted by Crippen LogP contribution is 2.43. The molecule has 0 amide bonds. The number of para-hydroxylation sites is 2. The SMILES string of the molecule is N#CC1=C(N)Oc2ccccc2[C@@H]1c1c[nH]c2ccccc12. The van der Waals surface area contributed by atoms with E-state index in [0.29, 0.717) is 11.3 Å². The molecule has 1 atom stereocenters. The molecular weight excluding hydrogens is 274 g/mol. The van der Waals surface area contributed by atoms with Gasteiger partial charge in [0.05, 0.1) is 5.92 Å². The molecular formula is C18H13N3O. The molecule has 3 N–H and O–H groups in total. The molecule has 2 aromatic carbocycles. The highest BCUT2D eigenvalue weighted by atomic mass is 16.5. The normalized spacial score (nSPS) is 17.0. The van der Waals surface area contributed by atoms with Gasteiger partial charge in [0.1, 0.15) is 17.4 Å². The fraction of sp³-hybridized carbons (Fsp3) is 0.0556. The second-order valence-corrected chi connectivity index (χ2v) is 5.25. The summed E-state index contributed by atoms with van der Waals surface area (Å²) in [6, 6.07) is 17.9. The number of aromatic amines is 1. The van der Waals surface area contributed by atoms with Crippen LogP contribution in [0.1, 0.15) is 17.0 Å². The molecule has 4 nitrogen and oxygen atoms in total. The fourth-order valence-corrected chi connectivity index (χ4v) is 3.06. The van der Waals surface area contributed by atoms with Gasteiger partial charge in [-0.15, -0.1) is 0 Å². The lowest BCUT2D eigenvalue weighted by Crippen LogP contribution is -2.20. The van der Waals surface area contributed by atoms with E-state index in [-0.39, 0.29) is 11.8 Å². The Morgan fingerprint density at radius 2 is 1.82 bits per heavy atom. The number of nitriles is 1. The third-order valence-electron chi connectivity index (χ3n) is 4.06. The van der Waals surface area contributed by atoms with Gasteiger partial charge in [-0.3, -0.25) is 0 Å². The summed E-state index contributed by atoms with van der Waals surface area (Å²) >= 11 is 0. The van der Waals surface area contributed by atoms with E-state index < -0.39 is 0 Å². The Labute approximate surface area is 127 Å². The standard InChI is InChI=1S/C18H13N3O/c19-9-13-17(12-6-2-4-8-16(12)22-18(13)20)14-10-21-15-7-3-1-5-11(14)15/h1-8,10,17,21H,20H2/t17-/m0/s1. The van der Waals surface area contributed by atoms with Gasteiger partial charge in [-0.2, -0.15) is 5.26 Å². The minimum atomic E-state index is -0.217. The van der Waals surface area contributed by atoms with Gasteiger partial charge in [0.25, 0.3) is 0 Å². The van der Waals surface area contributed by atoms with Gasteiger partial charge in [0.2, 0.25) is 5.88 Å². The number of rotatable bonds is 1. The van der Waals surface area contributed by atoms with Crippen LogP contribution in [0.5, 0.6) is 5.75 Å². The first-order valence-corrected chi connectivity index (χ1v) is 7.02. The number of allylic oxidation sites excluding steroid dienone is 1. The van der Waals surface area contributed by atoms with Gasteiger partial charge in [0, 0.05) is 22.7 Å². The van der Waals surface area contributed by atoms with Gasteiger partial charge in [-0.25, -0.2) is 0 Å². The van der Waals surface area contributed by atoms with Crippen LogP contribution in [0, 0.1) is 11.3 Å². The molecule has 0 radical (unpaired) electrons. The van der Waals surface area contributed by atoms with Crippen molar-refractivity contribution in [1.29, 1.82) is 5.26 Å². The van der Waals surface area contributed by atoms with E-state index in [1.807, 2.05) is 54.7 Å². The minimum Gasteiger partial charge on any atom is -0.440 e. The molecule has 0 spiro atoms. The number of nitrogens with two attached hydrogens (primary N) is 1. The van der Waals surface area contributed by atoms with Crippen molar-refractivity contribution in [2.24, 2.45) is 5.73 Å². The molecule has 4 rings (SSSR count). The van der Waals surface area contributed by atoms with Gasteiger partial charge >= 0.3 is 0 Å². The lowest BCUT2D eigenvalue weighted by Gasteiger charge is -2.25. The topological polar surface area (TPSA) is 74.8 Å². The Bertz CT molecular complexity index is 946. The quantitative estimate of drug-likeness (QED) is 0.720. The van der Waals surface area contributed by atoms with Crippen LogP contribution in [0.4, 0.5) is 0 Å². The fourth-order valence-electron chi connectivity index (χ4n) is 3.06. The minimum absolute atomic E-state index is 0.177. The summed E-state index contributed by atoms with van der Waals surface area (Å²) in [5, 5.41) is 10.6. The van der Waals surface area contributed by atoms with Crippen molar-refractivity contribution in [1.82, 2.24) is 4.98 Å². The number of hydrogen-bond donors (Lipinski definition) is 2. The Kier molecular flexibility index (Phi) is 2.67. The van der Waals surface area contributed by atoms with Crippen LogP contribution in [-0.2, 0) is 0 Å². The molecule has 0 bridgehead atoms. The summed E-state index contributed by atoms with van der Waals surface area (Å²) in [6.07, 6.45) is 1.95. The Balaban J connectivity index is 2.02. The van der Waals surface area contributed by atoms with E-state index in [1.54, 1.807) is 0 Å². The molecule has 1 aromatic heterocycles. The smallest absolute Gasteiger partial charge is 0.205 e. The summed E-state index contributed by atoms with van der Waals surface area (Å²) in [5.74, 6) is 0.664. The summed E-state index contributed by atoms with van der Waals surface area (Å²) in [6.45, 7) is 0. The predicted octanol–water partition coefficient (Wildman–Crippen LogP) is 3.39. The summed E-state index contributed by atoms with van der Waals surface area (Å²) in [7, 11) is 0. The van der Waals surface area contributed by atoms with Gasteiger partial charge in [-0.05, 0) is 17.7 Å². The summed E-state index contributed by atoms with van der Waals surface area (Å²) in [5.41, 5.74) is 9.45.